The number of fused-ring (bicyclic) bond motifs is 2. The van der Waals surface area contributed by atoms with Crippen LogP contribution in [-0.2, 0) is 11.2 Å². The molecule has 2 aliphatic rings. The third kappa shape index (κ3) is 1.28. The van der Waals surface area contributed by atoms with Crippen molar-refractivity contribution < 1.29 is 10.0 Å². The van der Waals surface area contributed by atoms with E-state index in [0.717, 1.165) is 29.8 Å². The molecule has 0 radical (unpaired) electrons. The van der Waals surface area contributed by atoms with E-state index in [1.807, 2.05) is 16.3 Å². The smallest absolute Gasteiger partial charge is 0.227 e. The average molecular weight is 236 g/mol. The fourth-order valence-electron chi connectivity index (χ4n) is 2.58. The van der Waals surface area contributed by atoms with Crippen LogP contribution in [0.5, 0.6) is 0 Å². The van der Waals surface area contributed by atoms with E-state index in [1.165, 1.54) is 0 Å². The monoisotopic (exact) mass is 236 g/mol. The second-order valence-corrected chi connectivity index (χ2v) is 5.10. The third-order valence-corrected chi connectivity index (χ3v) is 4.30. The maximum atomic E-state index is 12.0. The van der Waals surface area contributed by atoms with Gasteiger partial charge in [-0.3, -0.25) is 4.79 Å². The van der Waals surface area contributed by atoms with Crippen LogP contribution in [0.2, 0.25) is 0 Å². The Kier molecular flexibility index (Phi) is 2.21. The largest absolute Gasteiger partial charge is 0.411 e. The standard InChI is InChI=1S/C11H12N2O2S/c14-9-6-7-3-5-16-11(7)10(12-15)8-2-1-4-13(8)9/h3,5,8,15H,1-2,4,6H2/b12-10-/t8-/m0/s1. The first-order valence-corrected chi connectivity index (χ1v) is 6.27. The van der Waals surface area contributed by atoms with E-state index in [-0.39, 0.29) is 11.9 Å². The van der Waals surface area contributed by atoms with Gasteiger partial charge in [0.1, 0.15) is 5.71 Å². The number of hydrogen-bond donors (Lipinski definition) is 1. The molecule has 1 amide bonds. The summed E-state index contributed by atoms with van der Waals surface area (Å²) in [6.07, 6.45) is 2.34. The summed E-state index contributed by atoms with van der Waals surface area (Å²) in [5, 5.41) is 14.6. The van der Waals surface area contributed by atoms with Crippen molar-refractivity contribution in [1.82, 2.24) is 4.90 Å². The van der Waals surface area contributed by atoms with Crippen LogP contribution in [0.25, 0.3) is 0 Å². The van der Waals surface area contributed by atoms with Crippen molar-refractivity contribution in [3.05, 3.63) is 21.9 Å². The zero-order chi connectivity index (χ0) is 11.1. The molecule has 4 nitrogen and oxygen atoms in total. The number of nitrogens with zero attached hydrogens (tertiary/aromatic N) is 2. The normalized spacial score (nSPS) is 26.8. The zero-order valence-corrected chi connectivity index (χ0v) is 9.54. The predicted molar refractivity (Wildman–Crippen MR) is 61.1 cm³/mol. The third-order valence-electron chi connectivity index (χ3n) is 3.32. The highest BCUT2D eigenvalue weighted by molar-refractivity contribution is 7.12. The van der Waals surface area contributed by atoms with Crippen molar-refractivity contribution >= 4 is 23.0 Å². The molecule has 1 saturated heterocycles. The number of hydrogen-bond acceptors (Lipinski definition) is 4. The van der Waals surface area contributed by atoms with Crippen LogP contribution in [-0.4, -0.2) is 34.3 Å². The Hall–Kier alpha value is -1.36. The van der Waals surface area contributed by atoms with Crippen LogP contribution in [0, 0.1) is 0 Å². The lowest BCUT2D eigenvalue weighted by Crippen LogP contribution is -2.39. The van der Waals surface area contributed by atoms with Gasteiger partial charge in [0.15, 0.2) is 0 Å². The second-order valence-electron chi connectivity index (χ2n) is 4.18. The van der Waals surface area contributed by atoms with Gasteiger partial charge in [-0.2, -0.15) is 0 Å². The summed E-state index contributed by atoms with van der Waals surface area (Å²) in [7, 11) is 0. The molecule has 0 unspecified atom stereocenters. The molecule has 1 aromatic rings. The molecule has 0 aromatic carbocycles. The predicted octanol–water partition coefficient (Wildman–Crippen LogP) is 1.47. The van der Waals surface area contributed by atoms with E-state index >= 15 is 0 Å². The quantitative estimate of drug-likeness (QED) is 0.548. The molecule has 1 fully saturated rings. The first-order valence-electron chi connectivity index (χ1n) is 5.39. The highest BCUT2D eigenvalue weighted by atomic mass is 32.1. The molecule has 0 saturated carbocycles. The van der Waals surface area contributed by atoms with Crippen molar-refractivity contribution in [1.29, 1.82) is 0 Å². The van der Waals surface area contributed by atoms with Crippen molar-refractivity contribution in [3.63, 3.8) is 0 Å². The molecule has 0 spiro atoms. The van der Waals surface area contributed by atoms with E-state index in [2.05, 4.69) is 5.16 Å². The lowest BCUT2D eigenvalue weighted by atomic mass is 10.1. The molecule has 16 heavy (non-hydrogen) atoms. The number of oxime groups is 1. The minimum Gasteiger partial charge on any atom is -0.411 e. The minimum atomic E-state index is -0.0163. The van der Waals surface area contributed by atoms with Gasteiger partial charge in [-0.15, -0.1) is 11.3 Å². The molecule has 3 heterocycles. The number of thiophene rings is 1. The molecule has 1 aromatic heterocycles. The Morgan fingerprint density at radius 2 is 2.44 bits per heavy atom. The lowest BCUT2D eigenvalue weighted by Gasteiger charge is -2.21. The van der Waals surface area contributed by atoms with Crippen molar-refractivity contribution in [2.75, 3.05) is 6.54 Å². The van der Waals surface area contributed by atoms with E-state index < -0.39 is 0 Å². The molecule has 84 valence electrons. The summed E-state index contributed by atoms with van der Waals surface area (Å²) in [5.41, 5.74) is 1.67. The first-order chi connectivity index (χ1) is 7.81. The van der Waals surface area contributed by atoms with Crippen LogP contribution in [0.4, 0.5) is 0 Å². The van der Waals surface area contributed by atoms with Gasteiger partial charge in [0.05, 0.1) is 17.3 Å². The van der Waals surface area contributed by atoms with Gasteiger partial charge in [-0.25, -0.2) is 0 Å². The Morgan fingerprint density at radius 3 is 3.25 bits per heavy atom. The summed E-state index contributed by atoms with van der Waals surface area (Å²) in [4.78, 5) is 14.8. The molecule has 0 bridgehead atoms. The van der Waals surface area contributed by atoms with Gasteiger partial charge in [0.2, 0.25) is 5.91 Å². The molecule has 3 rings (SSSR count). The number of rotatable bonds is 0. The molecule has 2 aliphatic heterocycles. The molecular formula is C11H12N2O2S. The van der Waals surface area contributed by atoms with Crippen molar-refractivity contribution in [2.24, 2.45) is 5.16 Å². The van der Waals surface area contributed by atoms with E-state index in [9.17, 15) is 10.0 Å². The number of amides is 1. The highest BCUT2D eigenvalue weighted by Gasteiger charge is 2.37. The molecule has 1 N–H and O–H groups in total. The minimum absolute atomic E-state index is 0.0163. The second kappa shape index (κ2) is 3.59. The first kappa shape index (κ1) is 9.84. The van der Waals surface area contributed by atoms with Gasteiger partial charge in [0, 0.05) is 6.54 Å². The summed E-state index contributed by atoms with van der Waals surface area (Å²) in [6.45, 7) is 0.789. The molecule has 0 aliphatic carbocycles. The van der Waals surface area contributed by atoms with Crippen LogP contribution in [0.3, 0.4) is 0 Å². The number of carbonyl (C=O) groups is 1. The summed E-state index contributed by atoms with van der Waals surface area (Å²) in [6, 6.07) is 1.93. The molecule has 1 atom stereocenters. The Morgan fingerprint density at radius 1 is 1.56 bits per heavy atom. The molecule has 5 heteroatoms. The van der Waals surface area contributed by atoms with E-state index in [4.69, 9.17) is 0 Å². The highest BCUT2D eigenvalue weighted by Crippen LogP contribution is 2.30. The van der Waals surface area contributed by atoms with Crippen molar-refractivity contribution in [2.45, 2.75) is 25.3 Å². The van der Waals surface area contributed by atoms with Crippen LogP contribution in [0.1, 0.15) is 23.3 Å². The van der Waals surface area contributed by atoms with Crippen LogP contribution >= 0.6 is 11.3 Å². The van der Waals surface area contributed by atoms with Gasteiger partial charge in [0.25, 0.3) is 0 Å². The Labute approximate surface area is 97.2 Å². The number of carbonyl (C=O) groups excluding carboxylic acids is 1. The van der Waals surface area contributed by atoms with Gasteiger partial charge < -0.3 is 10.1 Å². The van der Waals surface area contributed by atoms with Crippen molar-refractivity contribution in [3.8, 4) is 0 Å². The van der Waals surface area contributed by atoms with E-state index in [1.54, 1.807) is 11.3 Å². The SMILES string of the molecule is O=C1Cc2ccsc2/C(=N\O)[C@@H]2CCCN12. The van der Waals surface area contributed by atoms with Crippen LogP contribution < -0.4 is 0 Å². The van der Waals surface area contributed by atoms with Gasteiger partial charge >= 0.3 is 0 Å². The van der Waals surface area contributed by atoms with Crippen LogP contribution in [0.15, 0.2) is 16.6 Å². The maximum Gasteiger partial charge on any atom is 0.227 e. The summed E-state index contributed by atoms with van der Waals surface area (Å²) in [5.74, 6) is 0.154. The fraction of sp³-hybridized carbons (Fsp3) is 0.455. The summed E-state index contributed by atoms with van der Waals surface area (Å²) < 4.78 is 0. The molecular weight excluding hydrogens is 224 g/mol. The fourth-order valence-corrected chi connectivity index (χ4v) is 3.53. The Bertz CT molecular complexity index is 466. The zero-order valence-electron chi connectivity index (χ0n) is 8.72. The van der Waals surface area contributed by atoms with Gasteiger partial charge in [-0.05, 0) is 29.9 Å². The summed E-state index contributed by atoms with van der Waals surface area (Å²) >= 11 is 1.55. The Balaban J connectivity index is 2.13. The maximum absolute atomic E-state index is 12.0. The lowest BCUT2D eigenvalue weighted by molar-refractivity contribution is -0.130. The topological polar surface area (TPSA) is 52.9 Å². The van der Waals surface area contributed by atoms with E-state index in [0.29, 0.717) is 12.1 Å². The average Bonchev–Trinajstić information content (AvgIpc) is 2.88. The van der Waals surface area contributed by atoms with Gasteiger partial charge in [-0.1, -0.05) is 5.16 Å².